The van der Waals surface area contributed by atoms with Crippen LogP contribution in [0.5, 0.6) is 0 Å². The Morgan fingerprint density at radius 1 is 1.47 bits per heavy atom. The summed E-state index contributed by atoms with van der Waals surface area (Å²) in [5, 5.41) is 9.52. The first-order valence-electron chi connectivity index (χ1n) is 6.49. The number of hydrogen-bond donors (Lipinski definition) is 0. The summed E-state index contributed by atoms with van der Waals surface area (Å²) in [6.07, 6.45) is 6.96. The molecule has 0 amide bonds. The van der Waals surface area contributed by atoms with Crippen molar-refractivity contribution in [2.75, 3.05) is 13.1 Å². The van der Waals surface area contributed by atoms with Gasteiger partial charge in [-0.25, -0.2) is 0 Å². The molecule has 0 unspecified atom stereocenters. The predicted molar refractivity (Wildman–Crippen MR) is 66.3 cm³/mol. The summed E-state index contributed by atoms with van der Waals surface area (Å²) in [7, 11) is 0. The maximum absolute atomic E-state index is 11.3. The van der Waals surface area contributed by atoms with Gasteiger partial charge in [-0.1, -0.05) is 6.08 Å². The fraction of sp³-hybridized carbons (Fsp3) is 0.714. The van der Waals surface area contributed by atoms with Gasteiger partial charge in [-0.05, 0) is 31.6 Å². The van der Waals surface area contributed by atoms with Crippen molar-refractivity contribution in [1.82, 2.24) is 4.90 Å². The van der Waals surface area contributed by atoms with Crippen LogP contribution < -0.4 is 0 Å². The van der Waals surface area contributed by atoms with Gasteiger partial charge in [0.15, 0.2) is 0 Å². The van der Waals surface area contributed by atoms with E-state index in [9.17, 15) is 10.1 Å². The lowest BCUT2D eigenvalue weighted by Crippen LogP contribution is -2.51. The van der Waals surface area contributed by atoms with E-state index in [1.54, 1.807) is 0 Å². The first-order chi connectivity index (χ1) is 8.20. The number of nitrogens with zero attached hydrogens (tertiary/aromatic N) is 2. The Hall–Kier alpha value is -1.14. The maximum atomic E-state index is 11.3. The maximum Gasteiger partial charge on any atom is 0.133 e. The number of ketones is 1. The average Bonchev–Trinajstić information content (AvgIpc) is 3.14. The molecular weight excluding hydrogens is 212 g/mol. The molecule has 0 aliphatic heterocycles. The van der Waals surface area contributed by atoms with E-state index in [-0.39, 0.29) is 0 Å². The van der Waals surface area contributed by atoms with E-state index in [4.69, 9.17) is 0 Å². The molecule has 0 aromatic rings. The largest absolute Gasteiger partial charge is 0.300 e. The third-order valence-electron chi connectivity index (χ3n) is 3.97. The third-order valence-corrected chi connectivity index (χ3v) is 3.97. The van der Waals surface area contributed by atoms with Gasteiger partial charge in [0.2, 0.25) is 0 Å². The SMILES string of the molecule is C=CCN(CC1CC1)C1(C#N)CCC(=O)CC1. The molecule has 0 aromatic heterocycles. The smallest absolute Gasteiger partial charge is 0.133 e. The Morgan fingerprint density at radius 2 is 2.12 bits per heavy atom. The van der Waals surface area contributed by atoms with E-state index >= 15 is 0 Å². The van der Waals surface area contributed by atoms with Gasteiger partial charge >= 0.3 is 0 Å². The summed E-state index contributed by atoms with van der Waals surface area (Å²) >= 11 is 0. The van der Waals surface area contributed by atoms with Gasteiger partial charge in [0, 0.05) is 25.9 Å². The van der Waals surface area contributed by atoms with E-state index in [1.165, 1.54) is 12.8 Å². The number of Topliss-reactive ketones (excluding diaryl/α,β-unsaturated/α-hetero) is 1. The fourth-order valence-electron chi connectivity index (χ4n) is 2.63. The van der Waals surface area contributed by atoms with Gasteiger partial charge in [-0.3, -0.25) is 9.69 Å². The second-order valence-electron chi connectivity index (χ2n) is 5.32. The van der Waals surface area contributed by atoms with Crippen LogP contribution in [0, 0.1) is 17.2 Å². The molecule has 0 heterocycles. The van der Waals surface area contributed by atoms with Crippen molar-refractivity contribution in [3.63, 3.8) is 0 Å². The minimum atomic E-state index is -0.412. The summed E-state index contributed by atoms with van der Waals surface area (Å²) in [6, 6.07) is 2.48. The summed E-state index contributed by atoms with van der Waals surface area (Å²) in [5.41, 5.74) is -0.412. The van der Waals surface area contributed by atoms with Crippen molar-refractivity contribution < 1.29 is 4.79 Å². The second kappa shape index (κ2) is 5.01. The lowest BCUT2D eigenvalue weighted by atomic mass is 9.80. The predicted octanol–water partition coefficient (Wildman–Crippen LogP) is 2.29. The Morgan fingerprint density at radius 3 is 2.59 bits per heavy atom. The van der Waals surface area contributed by atoms with Gasteiger partial charge in [0.25, 0.3) is 0 Å². The first kappa shape index (κ1) is 12.3. The van der Waals surface area contributed by atoms with Gasteiger partial charge in [0.05, 0.1) is 6.07 Å². The molecule has 0 saturated heterocycles. The minimum absolute atomic E-state index is 0.306. The number of hydrogen-bond acceptors (Lipinski definition) is 3. The monoisotopic (exact) mass is 232 g/mol. The zero-order chi connectivity index (χ0) is 12.3. The molecule has 0 spiro atoms. The van der Waals surface area contributed by atoms with E-state index in [2.05, 4.69) is 17.5 Å². The van der Waals surface area contributed by atoms with Crippen molar-refractivity contribution in [3.8, 4) is 6.07 Å². The first-order valence-corrected chi connectivity index (χ1v) is 6.49. The molecule has 2 saturated carbocycles. The van der Waals surface area contributed by atoms with Crippen LogP contribution in [0.4, 0.5) is 0 Å². The third kappa shape index (κ3) is 2.76. The van der Waals surface area contributed by atoms with Crippen molar-refractivity contribution in [2.24, 2.45) is 5.92 Å². The number of rotatable bonds is 5. The molecule has 2 fully saturated rings. The fourth-order valence-corrected chi connectivity index (χ4v) is 2.63. The van der Waals surface area contributed by atoms with Crippen LogP contribution in [0.25, 0.3) is 0 Å². The minimum Gasteiger partial charge on any atom is -0.300 e. The quantitative estimate of drug-likeness (QED) is 0.683. The second-order valence-corrected chi connectivity index (χ2v) is 5.32. The highest BCUT2D eigenvalue weighted by molar-refractivity contribution is 5.79. The van der Waals surface area contributed by atoms with E-state index in [0.717, 1.165) is 19.0 Å². The zero-order valence-electron chi connectivity index (χ0n) is 10.3. The van der Waals surface area contributed by atoms with Crippen molar-refractivity contribution in [3.05, 3.63) is 12.7 Å². The van der Waals surface area contributed by atoms with Crippen LogP contribution in [-0.4, -0.2) is 29.3 Å². The number of carbonyl (C=O) groups excluding carboxylic acids is 1. The van der Waals surface area contributed by atoms with Gasteiger partial charge < -0.3 is 0 Å². The van der Waals surface area contributed by atoms with Crippen LogP contribution in [0.2, 0.25) is 0 Å². The summed E-state index contributed by atoms with van der Waals surface area (Å²) < 4.78 is 0. The molecule has 92 valence electrons. The van der Waals surface area contributed by atoms with E-state index < -0.39 is 5.54 Å². The summed E-state index contributed by atoms with van der Waals surface area (Å²) in [6.45, 7) is 5.54. The molecule has 0 radical (unpaired) electrons. The summed E-state index contributed by atoms with van der Waals surface area (Å²) in [5.74, 6) is 1.07. The van der Waals surface area contributed by atoms with Crippen LogP contribution in [-0.2, 0) is 4.79 Å². The van der Waals surface area contributed by atoms with Gasteiger partial charge in [-0.15, -0.1) is 6.58 Å². The Balaban J connectivity index is 2.09. The number of carbonyl (C=O) groups is 1. The molecule has 2 aliphatic rings. The Kier molecular flexibility index (Phi) is 3.63. The lowest BCUT2D eigenvalue weighted by Gasteiger charge is -2.40. The molecular formula is C14H20N2O. The standard InChI is InChI=1S/C14H20N2O/c1-2-9-16(10-12-3-4-12)14(11-15)7-5-13(17)6-8-14/h2,12H,1,3-10H2. The van der Waals surface area contributed by atoms with E-state index in [1.807, 2.05) is 6.08 Å². The topological polar surface area (TPSA) is 44.1 Å². The van der Waals surface area contributed by atoms with Crippen LogP contribution in [0.3, 0.4) is 0 Å². The van der Waals surface area contributed by atoms with Gasteiger partial charge in [-0.2, -0.15) is 5.26 Å². The van der Waals surface area contributed by atoms with Crippen molar-refractivity contribution >= 4 is 5.78 Å². The number of nitriles is 1. The normalized spacial score (nSPS) is 23.4. The summed E-state index contributed by atoms with van der Waals surface area (Å²) in [4.78, 5) is 13.6. The highest BCUT2D eigenvalue weighted by atomic mass is 16.1. The highest BCUT2D eigenvalue weighted by Crippen LogP contribution is 2.36. The zero-order valence-corrected chi connectivity index (χ0v) is 10.3. The van der Waals surface area contributed by atoms with Crippen LogP contribution in [0.1, 0.15) is 38.5 Å². The highest BCUT2D eigenvalue weighted by Gasteiger charge is 2.41. The molecule has 0 N–H and O–H groups in total. The average molecular weight is 232 g/mol. The molecule has 17 heavy (non-hydrogen) atoms. The molecule has 0 aromatic carbocycles. The molecule has 2 rings (SSSR count). The molecule has 0 bridgehead atoms. The molecule has 3 heteroatoms. The van der Waals surface area contributed by atoms with Crippen molar-refractivity contribution in [1.29, 1.82) is 5.26 Å². The van der Waals surface area contributed by atoms with Crippen molar-refractivity contribution in [2.45, 2.75) is 44.1 Å². The van der Waals surface area contributed by atoms with Crippen LogP contribution >= 0.6 is 0 Å². The van der Waals surface area contributed by atoms with Gasteiger partial charge in [0.1, 0.15) is 11.3 Å². The molecule has 3 nitrogen and oxygen atoms in total. The lowest BCUT2D eigenvalue weighted by molar-refractivity contribution is -0.122. The molecule has 0 atom stereocenters. The van der Waals surface area contributed by atoms with Crippen LogP contribution in [0.15, 0.2) is 12.7 Å². The molecule has 2 aliphatic carbocycles. The Labute approximate surface area is 103 Å². The van der Waals surface area contributed by atoms with E-state index in [0.29, 0.717) is 31.5 Å². The Bertz CT molecular complexity index is 342.